The van der Waals surface area contributed by atoms with E-state index in [4.69, 9.17) is 5.11 Å². The number of nitrogens with zero attached hydrogens (tertiary/aromatic N) is 2. The molecule has 0 spiro atoms. The molecule has 2 N–H and O–H groups in total. The van der Waals surface area contributed by atoms with Gasteiger partial charge in [-0.1, -0.05) is 0 Å². The standard InChI is InChI=1S/C11H17N3O2/c1-8-6-12-10(13-7-8)14-11(2,3)5-4-9(15)16/h6-7H,4-5H2,1-3H3,(H,15,16)(H,12,13,14). The van der Waals surface area contributed by atoms with Crippen molar-refractivity contribution in [2.45, 2.75) is 39.2 Å². The first-order valence-electron chi connectivity index (χ1n) is 5.18. The Bertz CT molecular complexity index is 360. The van der Waals surface area contributed by atoms with Crippen molar-refractivity contribution in [1.29, 1.82) is 0 Å². The summed E-state index contributed by atoms with van der Waals surface area (Å²) in [7, 11) is 0. The second-order valence-corrected chi connectivity index (χ2v) is 4.49. The number of aromatic nitrogens is 2. The molecule has 5 heteroatoms. The first kappa shape index (κ1) is 12.4. The third-order valence-electron chi connectivity index (χ3n) is 2.19. The highest BCUT2D eigenvalue weighted by Crippen LogP contribution is 2.16. The number of rotatable bonds is 5. The zero-order chi connectivity index (χ0) is 12.2. The van der Waals surface area contributed by atoms with E-state index in [1.807, 2.05) is 20.8 Å². The van der Waals surface area contributed by atoms with Crippen LogP contribution >= 0.6 is 0 Å². The number of hydrogen-bond acceptors (Lipinski definition) is 4. The number of carboxylic acids is 1. The Morgan fingerprint density at radius 1 is 1.44 bits per heavy atom. The lowest BCUT2D eigenvalue weighted by Gasteiger charge is -2.25. The molecule has 0 fully saturated rings. The molecule has 0 aromatic carbocycles. The molecule has 0 saturated carbocycles. The Labute approximate surface area is 94.9 Å². The maximum absolute atomic E-state index is 10.5. The highest BCUT2D eigenvalue weighted by Gasteiger charge is 2.19. The molecule has 0 aliphatic carbocycles. The molecule has 1 aromatic heterocycles. The average Bonchev–Trinajstić information content (AvgIpc) is 2.19. The van der Waals surface area contributed by atoms with E-state index in [9.17, 15) is 4.79 Å². The number of aliphatic carboxylic acids is 1. The van der Waals surface area contributed by atoms with Gasteiger partial charge >= 0.3 is 5.97 Å². The third-order valence-corrected chi connectivity index (χ3v) is 2.19. The zero-order valence-corrected chi connectivity index (χ0v) is 9.82. The number of nitrogens with one attached hydrogen (secondary N) is 1. The maximum atomic E-state index is 10.5. The van der Waals surface area contributed by atoms with Crippen molar-refractivity contribution in [3.63, 3.8) is 0 Å². The smallest absolute Gasteiger partial charge is 0.303 e. The number of anilines is 1. The van der Waals surface area contributed by atoms with Crippen LogP contribution in [0.1, 0.15) is 32.3 Å². The Kier molecular flexibility index (Phi) is 3.82. The van der Waals surface area contributed by atoms with Crippen molar-refractivity contribution in [3.8, 4) is 0 Å². The minimum Gasteiger partial charge on any atom is -0.481 e. The fourth-order valence-electron chi connectivity index (χ4n) is 1.24. The van der Waals surface area contributed by atoms with Gasteiger partial charge in [-0.05, 0) is 32.8 Å². The second-order valence-electron chi connectivity index (χ2n) is 4.49. The van der Waals surface area contributed by atoms with Crippen molar-refractivity contribution in [3.05, 3.63) is 18.0 Å². The Hall–Kier alpha value is -1.65. The van der Waals surface area contributed by atoms with Crippen LogP contribution in [-0.4, -0.2) is 26.6 Å². The maximum Gasteiger partial charge on any atom is 0.303 e. The van der Waals surface area contributed by atoms with Gasteiger partial charge in [-0.3, -0.25) is 4.79 Å². The molecule has 5 nitrogen and oxygen atoms in total. The summed E-state index contributed by atoms with van der Waals surface area (Å²) in [6, 6.07) is 0. The van der Waals surface area contributed by atoms with Gasteiger partial charge in [-0.2, -0.15) is 0 Å². The molecular weight excluding hydrogens is 206 g/mol. The second kappa shape index (κ2) is 4.92. The van der Waals surface area contributed by atoms with Gasteiger partial charge in [-0.15, -0.1) is 0 Å². The van der Waals surface area contributed by atoms with Crippen molar-refractivity contribution in [2.75, 3.05) is 5.32 Å². The number of carboxylic acid groups (broad SMARTS) is 1. The van der Waals surface area contributed by atoms with Gasteiger partial charge in [0.15, 0.2) is 0 Å². The molecule has 88 valence electrons. The van der Waals surface area contributed by atoms with Crippen LogP contribution in [-0.2, 0) is 4.79 Å². The molecule has 0 bridgehead atoms. The molecule has 0 radical (unpaired) electrons. The van der Waals surface area contributed by atoms with E-state index in [0.717, 1.165) is 5.56 Å². The number of carbonyl (C=O) groups is 1. The van der Waals surface area contributed by atoms with Gasteiger partial charge in [0.2, 0.25) is 5.95 Å². The largest absolute Gasteiger partial charge is 0.481 e. The molecule has 0 aliphatic heterocycles. The summed E-state index contributed by atoms with van der Waals surface area (Å²) in [6.45, 7) is 5.78. The SMILES string of the molecule is Cc1cnc(NC(C)(C)CCC(=O)O)nc1. The summed E-state index contributed by atoms with van der Waals surface area (Å²) in [5.41, 5.74) is 0.669. The molecular formula is C11H17N3O2. The topological polar surface area (TPSA) is 75.1 Å². The van der Waals surface area contributed by atoms with E-state index >= 15 is 0 Å². The van der Waals surface area contributed by atoms with Crippen molar-refractivity contribution >= 4 is 11.9 Å². The van der Waals surface area contributed by atoms with E-state index in [-0.39, 0.29) is 12.0 Å². The van der Waals surface area contributed by atoms with Crippen molar-refractivity contribution < 1.29 is 9.90 Å². The van der Waals surface area contributed by atoms with E-state index in [2.05, 4.69) is 15.3 Å². The van der Waals surface area contributed by atoms with Crippen LogP contribution < -0.4 is 5.32 Å². The van der Waals surface area contributed by atoms with Crippen molar-refractivity contribution in [2.24, 2.45) is 0 Å². The minimum atomic E-state index is -0.792. The molecule has 1 aromatic rings. The highest BCUT2D eigenvalue weighted by molar-refractivity contribution is 5.66. The average molecular weight is 223 g/mol. The first-order valence-corrected chi connectivity index (χ1v) is 5.18. The summed E-state index contributed by atoms with van der Waals surface area (Å²) in [6.07, 6.45) is 4.11. The van der Waals surface area contributed by atoms with Gasteiger partial charge in [0.05, 0.1) is 0 Å². The Morgan fingerprint density at radius 2 is 2.00 bits per heavy atom. The predicted molar refractivity (Wildman–Crippen MR) is 61.3 cm³/mol. The van der Waals surface area contributed by atoms with Crippen molar-refractivity contribution in [1.82, 2.24) is 9.97 Å². The van der Waals surface area contributed by atoms with E-state index in [1.165, 1.54) is 0 Å². The fourth-order valence-corrected chi connectivity index (χ4v) is 1.24. The quantitative estimate of drug-likeness (QED) is 0.796. The van der Waals surface area contributed by atoms with E-state index in [1.54, 1.807) is 12.4 Å². The lowest BCUT2D eigenvalue weighted by molar-refractivity contribution is -0.137. The molecule has 0 atom stereocenters. The van der Waals surface area contributed by atoms with Gasteiger partial charge in [0, 0.05) is 24.4 Å². The molecule has 0 unspecified atom stereocenters. The van der Waals surface area contributed by atoms with Gasteiger partial charge in [0.25, 0.3) is 0 Å². The Balaban J connectivity index is 2.57. The van der Waals surface area contributed by atoms with Crippen LogP contribution in [0.25, 0.3) is 0 Å². The number of aryl methyl sites for hydroxylation is 1. The van der Waals surface area contributed by atoms with E-state index < -0.39 is 5.97 Å². The van der Waals surface area contributed by atoms with Crippen LogP contribution in [0.2, 0.25) is 0 Å². The minimum absolute atomic E-state index is 0.131. The summed E-state index contributed by atoms with van der Waals surface area (Å²) < 4.78 is 0. The fraction of sp³-hybridized carbons (Fsp3) is 0.545. The molecule has 1 heterocycles. The van der Waals surface area contributed by atoms with E-state index in [0.29, 0.717) is 12.4 Å². The zero-order valence-electron chi connectivity index (χ0n) is 9.82. The van der Waals surface area contributed by atoms with Crippen LogP contribution in [0.15, 0.2) is 12.4 Å². The summed E-state index contributed by atoms with van der Waals surface area (Å²) in [4.78, 5) is 18.7. The molecule has 16 heavy (non-hydrogen) atoms. The first-order chi connectivity index (χ1) is 7.39. The molecule has 0 saturated heterocycles. The normalized spacial score (nSPS) is 11.2. The molecule has 0 amide bonds. The van der Waals surface area contributed by atoms with Gasteiger partial charge < -0.3 is 10.4 Å². The summed E-state index contributed by atoms with van der Waals surface area (Å²) >= 11 is 0. The molecule has 1 rings (SSSR count). The summed E-state index contributed by atoms with van der Waals surface area (Å²) in [5, 5.41) is 11.7. The number of hydrogen-bond donors (Lipinski definition) is 2. The van der Waals surface area contributed by atoms with Crippen LogP contribution in [0.5, 0.6) is 0 Å². The lowest BCUT2D eigenvalue weighted by Crippen LogP contribution is -2.32. The molecule has 0 aliphatic rings. The monoisotopic (exact) mass is 223 g/mol. The van der Waals surface area contributed by atoms with Gasteiger partial charge in [-0.25, -0.2) is 9.97 Å². The van der Waals surface area contributed by atoms with Gasteiger partial charge in [0.1, 0.15) is 0 Å². The van der Waals surface area contributed by atoms with Crippen LogP contribution in [0.3, 0.4) is 0 Å². The summed E-state index contributed by atoms with van der Waals surface area (Å²) in [5.74, 6) is -0.263. The third kappa shape index (κ3) is 4.25. The predicted octanol–water partition coefficient (Wildman–Crippen LogP) is 1.84. The Morgan fingerprint density at radius 3 is 2.50 bits per heavy atom. The highest BCUT2D eigenvalue weighted by atomic mass is 16.4. The van der Waals surface area contributed by atoms with Crippen LogP contribution in [0, 0.1) is 6.92 Å². The van der Waals surface area contributed by atoms with Crippen LogP contribution in [0.4, 0.5) is 5.95 Å². The lowest BCUT2D eigenvalue weighted by atomic mass is 9.99.